The molecule has 0 spiro atoms. The molecule has 1 amide bonds. The van der Waals surface area contributed by atoms with E-state index >= 15 is 0 Å². The SMILES string of the molecule is C/C=C(/Br)NC(=O)C(C)O. The Morgan fingerprint density at radius 3 is 2.60 bits per heavy atom. The minimum atomic E-state index is -0.965. The maximum Gasteiger partial charge on any atom is 0.253 e. The summed E-state index contributed by atoms with van der Waals surface area (Å²) in [5.41, 5.74) is 0. The van der Waals surface area contributed by atoms with E-state index in [4.69, 9.17) is 5.11 Å². The summed E-state index contributed by atoms with van der Waals surface area (Å²) in [5, 5.41) is 11.1. The molecule has 3 nitrogen and oxygen atoms in total. The van der Waals surface area contributed by atoms with Gasteiger partial charge in [-0.3, -0.25) is 4.79 Å². The lowest BCUT2D eigenvalue weighted by molar-refractivity contribution is -0.127. The lowest BCUT2D eigenvalue weighted by Gasteiger charge is -2.04. The van der Waals surface area contributed by atoms with E-state index in [2.05, 4.69) is 21.2 Å². The predicted molar refractivity (Wildman–Crippen MR) is 42.5 cm³/mol. The Morgan fingerprint density at radius 2 is 2.30 bits per heavy atom. The number of hydrogen-bond acceptors (Lipinski definition) is 2. The van der Waals surface area contributed by atoms with Crippen LogP contribution >= 0.6 is 15.9 Å². The number of halogens is 1. The summed E-state index contributed by atoms with van der Waals surface area (Å²) in [6.45, 7) is 3.18. The molecule has 0 aliphatic rings. The predicted octanol–water partition coefficient (Wildman–Crippen LogP) is 0.740. The van der Waals surface area contributed by atoms with Gasteiger partial charge in [0.15, 0.2) is 0 Å². The van der Waals surface area contributed by atoms with E-state index in [9.17, 15) is 4.79 Å². The van der Waals surface area contributed by atoms with Crippen molar-refractivity contribution in [3.05, 3.63) is 10.7 Å². The number of carbonyl (C=O) groups is 1. The van der Waals surface area contributed by atoms with E-state index in [0.717, 1.165) is 0 Å². The molecular weight excluding hydrogens is 198 g/mol. The Morgan fingerprint density at radius 1 is 1.80 bits per heavy atom. The highest BCUT2D eigenvalue weighted by Gasteiger charge is 2.07. The van der Waals surface area contributed by atoms with Crippen molar-refractivity contribution in [2.45, 2.75) is 20.0 Å². The van der Waals surface area contributed by atoms with Crippen LogP contribution in [0.1, 0.15) is 13.8 Å². The highest BCUT2D eigenvalue weighted by Crippen LogP contribution is 1.98. The molecule has 0 heterocycles. The van der Waals surface area contributed by atoms with E-state index in [-0.39, 0.29) is 0 Å². The van der Waals surface area contributed by atoms with Gasteiger partial charge in [-0.15, -0.1) is 0 Å². The lowest BCUT2D eigenvalue weighted by Crippen LogP contribution is -2.30. The quantitative estimate of drug-likeness (QED) is 0.657. The molecule has 0 radical (unpaired) electrons. The van der Waals surface area contributed by atoms with Gasteiger partial charge in [0.1, 0.15) is 6.10 Å². The maximum atomic E-state index is 10.7. The molecule has 0 aliphatic heterocycles. The highest BCUT2D eigenvalue weighted by atomic mass is 79.9. The van der Waals surface area contributed by atoms with Gasteiger partial charge in [0.05, 0.1) is 4.61 Å². The van der Waals surface area contributed by atoms with Crippen molar-refractivity contribution in [2.24, 2.45) is 0 Å². The van der Waals surface area contributed by atoms with Crippen LogP contribution in [0.4, 0.5) is 0 Å². The first kappa shape index (κ1) is 9.65. The van der Waals surface area contributed by atoms with Gasteiger partial charge in [0.25, 0.3) is 5.91 Å². The summed E-state index contributed by atoms with van der Waals surface area (Å²) in [7, 11) is 0. The fourth-order valence-corrected chi connectivity index (χ4v) is 0.490. The first-order valence-corrected chi connectivity index (χ1v) is 3.68. The summed E-state index contributed by atoms with van der Waals surface area (Å²) >= 11 is 3.06. The van der Waals surface area contributed by atoms with E-state index in [0.29, 0.717) is 4.61 Å². The first-order chi connectivity index (χ1) is 4.57. The summed E-state index contributed by atoms with van der Waals surface area (Å²) in [4.78, 5) is 10.7. The van der Waals surface area contributed by atoms with Crippen LogP contribution in [0.2, 0.25) is 0 Å². The zero-order valence-corrected chi connectivity index (χ0v) is 7.47. The van der Waals surface area contributed by atoms with Gasteiger partial charge in [-0.25, -0.2) is 0 Å². The van der Waals surface area contributed by atoms with Crippen LogP contribution in [-0.4, -0.2) is 17.1 Å². The van der Waals surface area contributed by atoms with Gasteiger partial charge >= 0.3 is 0 Å². The van der Waals surface area contributed by atoms with Crippen LogP contribution in [-0.2, 0) is 4.79 Å². The van der Waals surface area contributed by atoms with Gasteiger partial charge in [0, 0.05) is 0 Å². The minimum Gasteiger partial charge on any atom is -0.384 e. The van der Waals surface area contributed by atoms with Crippen molar-refractivity contribution in [2.75, 3.05) is 0 Å². The highest BCUT2D eigenvalue weighted by molar-refractivity contribution is 9.11. The van der Waals surface area contributed by atoms with Crippen LogP contribution in [0, 0.1) is 0 Å². The minimum absolute atomic E-state index is 0.412. The van der Waals surface area contributed by atoms with Crippen molar-refractivity contribution < 1.29 is 9.90 Å². The normalized spacial score (nSPS) is 14.6. The van der Waals surface area contributed by atoms with Crippen molar-refractivity contribution in [1.82, 2.24) is 5.32 Å². The molecule has 1 atom stereocenters. The summed E-state index contributed by atoms with van der Waals surface area (Å²) < 4.78 is 0.568. The van der Waals surface area contributed by atoms with Crippen LogP contribution < -0.4 is 5.32 Å². The molecule has 1 unspecified atom stereocenters. The molecular formula is C6H10BrNO2. The molecule has 0 aliphatic carbocycles. The lowest BCUT2D eigenvalue weighted by atomic mass is 10.4. The van der Waals surface area contributed by atoms with Crippen molar-refractivity contribution in [3.8, 4) is 0 Å². The summed E-state index contributed by atoms with van der Waals surface area (Å²) in [5.74, 6) is -0.412. The van der Waals surface area contributed by atoms with Crippen LogP contribution in [0.15, 0.2) is 10.7 Å². The molecule has 0 fully saturated rings. The third-order valence-electron chi connectivity index (χ3n) is 0.876. The number of hydrogen-bond donors (Lipinski definition) is 2. The fourth-order valence-electron chi connectivity index (χ4n) is 0.294. The number of aliphatic hydroxyl groups excluding tert-OH is 1. The number of carbonyl (C=O) groups excluding carboxylic acids is 1. The van der Waals surface area contributed by atoms with Crippen LogP contribution in [0.25, 0.3) is 0 Å². The zero-order valence-electron chi connectivity index (χ0n) is 5.89. The van der Waals surface area contributed by atoms with Gasteiger partial charge in [-0.05, 0) is 29.8 Å². The average molecular weight is 208 g/mol. The van der Waals surface area contributed by atoms with Crippen molar-refractivity contribution in [1.29, 1.82) is 0 Å². The Hall–Kier alpha value is -0.350. The van der Waals surface area contributed by atoms with Crippen molar-refractivity contribution in [3.63, 3.8) is 0 Å². The summed E-state index contributed by atoms with van der Waals surface area (Å²) in [6, 6.07) is 0. The largest absolute Gasteiger partial charge is 0.384 e. The molecule has 0 bridgehead atoms. The van der Waals surface area contributed by atoms with E-state index in [1.807, 2.05) is 0 Å². The molecule has 4 heteroatoms. The second kappa shape index (κ2) is 4.46. The van der Waals surface area contributed by atoms with Gasteiger partial charge < -0.3 is 10.4 Å². The Kier molecular flexibility index (Phi) is 4.31. The maximum absolute atomic E-state index is 10.7. The second-order valence-electron chi connectivity index (χ2n) is 1.80. The monoisotopic (exact) mass is 207 g/mol. The van der Waals surface area contributed by atoms with E-state index in [1.54, 1.807) is 13.0 Å². The Bertz CT molecular complexity index is 154. The molecule has 0 aromatic heterocycles. The summed E-state index contributed by atoms with van der Waals surface area (Å²) in [6.07, 6.45) is 0.716. The van der Waals surface area contributed by atoms with E-state index in [1.165, 1.54) is 6.92 Å². The molecule has 0 rings (SSSR count). The second-order valence-corrected chi connectivity index (χ2v) is 2.66. The molecule has 10 heavy (non-hydrogen) atoms. The smallest absolute Gasteiger partial charge is 0.253 e. The van der Waals surface area contributed by atoms with Crippen LogP contribution in [0.3, 0.4) is 0 Å². The van der Waals surface area contributed by atoms with Crippen LogP contribution in [0.5, 0.6) is 0 Å². The molecule has 0 saturated carbocycles. The Balaban J connectivity index is 3.81. The van der Waals surface area contributed by atoms with Gasteiger partial charge in [-0.1, -0.05) is 6.08 Å². The third kappa shape index (κ3) is 3.63. The molecule has 58 valence electrons. The third-order valence-corrected chi connectivity index (χ3v) is 1.53. The standard InChI is InChI=1S/C6H10BrNO2/c1-3-5(7)8-6(10)4(2)9/h3-4,9H,1-2H3,(H,8,10)/b5-3-. The number of rotatable bonds is 2. The fraction of sp³-hybridized carbons (Fsp3) is 0.500. The molecule has 0 aromatic rings. The molecule has 0 aromatic carbocycles. The molecule has 2 N–H and O–H groups in total. The average Bonchev–Trinajstić information content (AvgIpc) is 1.87. The number of amides is 1. The van der Waals surface area contributed by atoms with Crippen molar-refractivity contribution >= 4 is 21.8 Å². The number of nitrogens with one attached hydrogen (secondary N) is 1. The first-order valence-electron chi connectivity index (χ1n) is 2.88. The van der Waals surface area contributed by atoms with E-state index < -0.39 is 12.0 Å². The van der Waals surface area contributed by atoms with Gasteiger partial charge in [0.2, 0.25) is 0 Å². The Labute approximate surface area is 68.2 Å². The molecule has 0 saturated heterocycles. The number of aliphatic hydroxyl groups is 1. The van der Waals surface area contributed by atoms with Gasteiger partial charge in [-0.2, -0.15) is 0 Å². The topological polar surface area (TPSA) is 49.3 Å². The zero-order chi connectivity index (χ0) is 8.15. The number of allylic oxidation sites excluding steroid dienone is 1.